The molecule has 0 spiro atoms. The lowest BCUT2D eigenvalue weighted by molar-refractivity contribution is -0.131. The van der Waals surface area contributed by atoms with E-state index in [9.17, 15) is 33.7 Å². The normalized spacial score (nSPS) is 16.9. The summed E-state index contributed by atoms with van der Waals surface area (Å²) < 4.78 is 13.1. The molecule has 2 rings (SSSR count). The number of hydrogen-bond acceptors (Lipinski definition) is 6. The molecule has 0 radical (unpaired) electrons. The first kappa shape index (κ1) is 27.5. The van der Waals surface area contributed by atoms with Crippen LogP contribution in [0.15, 0.2) is 18.2 Å². The van der Waals surface area contributed by atoms with Crippen LogP contribution in [0.1, 0.15) is 61.3 Å². The van der Waals surface area contributed by atoms with Crippen molar-refractivity contribution in [3.63, 3.8) is 0 Å². The molecule has 1 heterocycles. The second-order valence-electron chi connectivity index (χ2n) is 9.54. The summed E-state index contributed by atoms with van der Waals surface area (Å²) in [4.78, 5) is 61.9. The summed E-state index contributed by atoms with van der Waals surface area (Å²) in [5.41, 5.74) is -0.241. The van der Waals surface area contributed by atoms with Crippen molar-refractivity contribution in [2.24, 2.45) is 17.8 Å². The van der Waals surface area contributed by atoms with Gasteiger partial charge in [-0.2, -0.15) is 0 Å². The molecule has 0 saturated carbocycles. The van der Waals surface area contributed by atoms with Gasteiger partial charge in [0.25, 0.3) is 11.8 Å². The van der Waals surface area contributed by atoms with Crippen molar-refractivity contribution in [1.82, 2.24) is 15.5 Å². The van der Waals surface area contributed by atoms with Gasteiger partial charge >= 0.3 is 0 Å². The van der Waals surface area contributed by atoms with Crippen molar-refractivity contribution in [1.29, 1.82) is 0 Å². The molecule has 1 aliphatic heterocycles. The molecular formula is C23H34N3O7P. The number of hydrogen-bond donors (Lipinski definition) is 4. The Labute approximate surface area is 199 Å². The number of nitrogens with zero attached hydrogens (tertiary/aromatic N) is 1. The van der Waals surface area contributed by atoms with Gasteiger partial charge in [0.05, 0.1) is 11.1 Å². The Balaban J connectivity index is 2.20. The Kier molecular flexibility index (Phi) is 9.02. The van der Waals surface area contributed by atoms with Crippen LogP contribution in [0.2, 0.25) is 0 Å². The first-order chi connectivity index (χ1) is 15.8. The number of rotatable bonds is 11. The van der Waals surface area contributed by atoms with Crippen LogP contribution in [-0.4, -0.2) is 64.1 Å². The van der Waals surface area contributed by atoms with Crippen LogP contribution in [0.25, 0.3) is 0 Å². The molecule has 188 valence electrons. The highest BCUT2D eigenvalue weighted by atomic mass is 31.2. The number of carbonyl (C=O) groups is 4. The highest BCUT2D eigenvalue weighted by molar-refractivity contribution is 7.58. The average Bonchev–Trinajstić information content (AvgIpc) is 2.96. The van der Waals surface area contributed by atoms with Crippen LogP contribution >= 0.6 is 7.37 Å². The van der Waals surface area contributed by atoms with Gasteiger partial charge in [-0.25, -0.2) is 0 Å². The molecule has 4 amide bonds. The molecule has 4 N–H and O–H groups in total. The summed E-state index contributed by atoms with van der Waals surface area (Å²) in [5.74, 6) is -3.66. The predicted octanol–water partition coefficient (Wildman–Crippen LogP) is 2.16. The minimum atomic E-state index is -4.19. The second kappa shape index (κ2) is 11.1. The van der Waals surface area contributed by atoms with E-state index in [-0.39, 0.29) is 41.0 Å². The third kappa shape index (κ3) is 6.67. The Morgan fingerprint density at radius 2 is 1.65 bits per heavy atom. The molecule has 1 aliphatic rings. The topological polar surface area (TPSA) is 153 Å². The first-order valence-corrected chi connectivity index (χ1v) is 13.3. The second-order valence-corrected chi connectivity index (χ2v) is 11.9. The Hall–Kier alpha value is -2.71. The highest BCUT2D eigenvalue weighted by Crippen LogP contribution is 2.46. The number of benzene rings is 1. The van der Waals surface area contributed by atoms with Gasteiger partial charge in [-0.05, 0) is 36.8 Å². The molecule has 1 unspecified atom stereocenters. The highest BCUT2D eigenvalue weighted by Gasteiger charge is 2.42. The number of carbonyl (C=O) groups excluding carboxylic acids is 4. The average molecular weight is 496 g/mol. The van der Waals surface area contributed by atoms with Gasteiger partial charge in [0.1, 0.15) is 18.1 Å². The van der Waals surface area contributed by atoms with E-state index in [4.69, 9.17) is 0 Å². The maximum Gasteiger partial charge on any atom is 0.265 e. The maximum atomic E-state index is 13.1. The Morgan fingerprint density at radius 1 is 1.03 bits per heavy atom. The summed E-state index contributed by atoms with van der Waals surface area (Å²) in [6.45, 7) is 7.55. The molecule has 34 heavy (non-hydrogen) atoms. The van der Waals surface area contributed by atoms with E-state index in [1.807, 2.05) is 27.7 Å². The standard InChI is InChI=1S/C23H34N3O7P/c1-13(2)9-15(20(28)25-17(10-14(3)4)21(29)24-5)11-34(32,33)12-26-22(30)16-7-6-8-18(27)19(16)23(26)31/h6-8,13-15,17,27H,9-12H2,1-5H3,(H,24,29)(H,25,28)(H,32,33)/t15-,17+/m1/s1. The van der Waals surface area contributed by atoms with Crippen LogP contribution in [0, 0.1) is 17.8 Å². The van der Waals surface area contributed by atoms with Crippen molar-refractivity contribution < 1.29 is 33.7 Å². The van der Waals surface area contributed by atoms with E-state index >= 15 is 0 Å². The molecule has 1 aromatic carbocycles. The quantitative estimate of drug-likeness (QED) is 0.271. The molecule has 0 fully saturated rings. The summed E-state index contributed by atoms with van der Waals surface area (Å²) in [6, 6.07) is 3.24. The molecule has 1 aromatic rings. The van der Waals surface area contributed by atoms with Crippen molar-refractivity contribution in [3.05, 3.63) is 29.3 Å². The molecular weight excluding hydrogens is 461 g/mol. The van der Waals surface area contributed by atoms with Gasteiger partial charge in [-0.3, -0.25) is 28.6 Å². The van der Waals surface area contributed by atoms with Gasteiger partial charge in [0.15, 0.2) is 0 Å². The van der Waals surface area contributed by atoms with Crippen LogP contribution in [0.3, 0.4) is 0 Å². The molecule has 0 saturated heterocycles. The number of aromatic hydroxyl groups is 1. The number of fused-ring (bicyclic) bond motifs is 1. The van der Waals surface area contributed by atoms with Crippen LogP contribution < -0.4 is 10.6 Å². The van der Waals surface area contributed by atoms with Crippen LogP contribution in [0.4, 0.5) is 0 Å². The van der Waals surface area contributed by atoms with Gasteiger partial charge in [0.2, 0.25) is 19.2 Å². The van der Waals surface area contributed by atoms with Crippen molar-refractivity contribution in [3.8, 4) is 5.75 Å². The number of imide groups is 1. The molecule has 0 aromatic heterocycles. The van der Waals surface area contributed by atoms with Gasteiger partial charge in [-0.1, -0.05) is 33.8 Å². The zero-order valence-corrected chi connectivity index (χ0v) is 21.1. The van der Waals surface area contributed by atoms with E-state index in [2.05, 4.69) is 10.6 Å². The molecule has 3 atom stereocenters. The van der Waals surface area contributed by atoms with E-state index in [1.165, 1.54) is 25.2 Å². The van der Waals surface area contributed by atoms with Crippen molar-refractivity contribution >= 4 is 31.0 Å². The monoisotopic (exact) mass is 495 g/mol. The summed E-state index contributed by atoms with van der Waals surface area (Å²) in [5, 5.41) is 15.2. The number of likely N-dealkylation sites (N-methyl/N-ethyl adjacent to an activating group) is 1. The van der Waals surface area contributed by atoms with E-state index in [0.29, 0.717) is 11.3 Å². The number of amides is 4. The third-order valence-corrected chi connectivity index (χ3v) is 7.29. The SMILES string of the molecule is CNC(=O)[C@H](CC(C)C)NC(=O)[C@H](CC(C)C)CP(=O)(O)CN1C(=O)c2cccc(O)c2C1=O. The number of nitrogens with one attached hydrogen (secondary N) is 2. The molecule has 10 nitrogen and oxygen atoms in total. The predicted molar refractivity (Wildman–Crippen MR) is 127 cm³/mol. The van der Waals surface area contributed by atoms with Gasteiger partial charge < -0.3 is 20.6 Å². The lowest BCUT2D eigenvalue weighted by atomic mass is 9.96. The maximum absolute atomic E-state index is 13.1. The minimum Gasteiger partial charge on any atom is -0.507 e. The smallest absolute Gasteiger partial charge is 0.265 e. The fourth-order valence-corrected chi connectivity index (χ4v) is 5.89. The zero-order valence-electron chi connectivity index (χ0n) is 20.2. The molecule has 0 aliphatic carbocycles. The largest absolute Gasteiger partial charge is 0.507 e. The van der Waals surface area contributed by atoms with Crippen molar-refractivity contribution in [2.75, 3.05) is 19.5 Å². The third-order valence-electron chi connectivity index (χ3n) is 5.56. The summed E-state index contributed by atoms with van der Waals surface area (Å²) in [7, 11) is -2.72. The van der Waals surface area contributed by atoms with E-state index in [0.717, 1.165) is 0 Å². The zero-order chi connectivity index (χ0) is 25.8. The molecule has 11 heteroatoms. The van der Waals surface area contributed by atoms with Crippen molar-refractivity contribution in [2.45, 2.75) is 46.6 Å². The first-order valence-electron chi connectivity index (χ1n) is 11.3. The summed E-state index contributed by atoms with van der Waals surface area (Å²) >= 11 is 0. The molecule has 0 bridgehead atoms. The van der Waals surface area contributed by atoms with E-state index in [1.54, 1.807) is 0 Å². The lowest BCUT2D eigenvalue weighted by Crippen LogP contribution is -2.49. The Bertz CT molecular complexity index is 1010. The summed E-state index contributed by atoms with van der Waals surface area (Å²) in [6.07, 6.45) is -0.555. The Morgan fingerprint density at radius 3 is 2.18 bits per heavy atom. The van der Waals surface area contributed by atoms with E-state index < -0.39 is 49.5 Å². The number of phenolic OH excluding ortho intramolecular Hbond substituents is 1. The fraction of sp³-hybridized carbons (Fsp3) is 0.565. The fourth-order valence-electron chi connectivity index (χ4n) is 4.07. The lowest BCUT2D eigenvalue weighted by Gasteiger charge is -2.26. The van der Waals surface area contributed by atoms with Gasteiger partial charge in [-0.15, -0.1) is 0 Å². The minimum absolute atomic E-state index is 0.00977. The van der Waals surface area contributed by atoms with Crippen LogP contribution in [0.5, 0.6) is 5.75 Å². The number of phenols is 1. The van der Waals surface area contributed by atoms with Gasteiger partial charge in [0, 0.05) is 19.1 Å². The van der Waals surface area contributed by atoms with Crippen LogP contribution in [-0.2, 0) is 14.2 Å².